The van der Waals surface area contributed by atoms with E-state index < -0.39 is 6.09 Å². The van der Waals surface area contributed by atoms with Gasteiger partial charge < -0.3 is 4.74 Å². The van der Waals surface area contributed by atoms with Crippen molar-refractivity contribution in [2.24, 2.45) is 0 Å². The summed E-state index contributed by atoms with van der Waals surface area (Å²) >= 11 is 1.24. The third-order valence-corrected chi connectivity index (χ3v) is 5.50. The van der Waals surface area contributed by atoms with Gasteiger partial charge >= 0.3 is 6.09 Å². The van der Waals surface area contributed by atoms with Crippen molar-refractivity contribution in [3.05, 3.63) is 70.1 Å². The van der Waals surface area contributed by atoms with Crippen LogP contribution in [0.3, 0.4) is 0 Å². The molecule has 1 N–H and O–H groups in total. The number of para-hydroxylation sites is 1. The molecule has 146 valence electrons. The molecule has 0 aliphatic carbocycles. The number of carbonyl (C=O) groups is 1. The summed E-state index contributed by atoms with van der Waals surface area (Å²) in [6.45, 7) is 3.79. The van der Waals surface area contributed by atoms with E-state index in [9.17, 15) is 9.59 Å². The number of carbonyl (C=O) groups excluding carboxylic acids is 1. The first-order valence-electron chi connectivity index (χ1n) is 8.89. The summed E-state index contributed by atoms with van der Waals surface area (Å²) in [5.74, 6) is 0.479. The maximum Gasteiger partial charge on any atom is 0.413 e. The van der Waals surface area contributed by atoms with Crippen LogP contribution in [0, 0.1) is 13.8 Å². The van der Waals surface area contributed by atoms with Gasteiger partial charge in [-0.2, -0.15) is 0 Å². The van der Waals surface area contributed by atoms with Crippen LogP contribution in [0.15, 0.2) is 53.3 Å². The first-order chi connectivity index (χ1) is 14.0. The number of nitrogens with zero attached hydrogens (tertiary/aromatic N) is 3. The van der Waals surface area contributed by atoms with Gasteiger partial charge in [0.1, 0.15) is 0 Å². The lowest BCUT2D eigenvalue weighted by molar-refractivity contribution is 0.187. The van der Waals surface area contributed by atoms with Crippen LogP contribution in [0.2, 0.25) is 0 Å². The second-order valence-electron chi connectivity index (χ2n) is 6.48. The van der Waals surface area contributed by atoms with Crippen LogP contribution in [0.4, 0.5) is 9.93 Å². The monoisotopic (exact) mass is 406 g/mol. The summed E-state index contributed by atoms with van der Waals surface area (Å²) in [6, 6.07) is 14.9. The molecule has 2 aromatic carbocycles. The summed E-state index contributed by atoms with van der Waals surface area (Å²) in [5.41, 5.74) is 2.85. The number of rotatable bonds is 3. The molecule has 29 heavy (non-hydrogen) atoms. The van der Waals surface area contributed by atoms with E-state index in [1.807, 2.05) is 56.3 Å². The van der Waals surface area contributed by atoms with E-state index in [1.165, 1.54) is 18.4 Å². The van der Waals surface area contributed by atoms with Crippen molar-refractivity contribution < 1.29 is 9.53 Å². The zero-order valence-corrected chi connectivity index (χ0v) is 16.9. The van der Waals surface area contributed by atoms with E-state index >= 15 is 0 Å². The number of hydrogen-bond donors (Lipinski definition) is 1. The minimum Gasteiger partial charge on any atom is -0.453 e. The molecule has 8 heteroatoms. The van der Waals surface area contributed by atoms with Gasteiger partial charge in [-0.15, -0.1) is 0 Å². The van der Waals surface area contributed by atoms with Crippen LogP contribution in [0.5, 0.6) is 0 Å². The Bertz CT molecular complexity index is 1290. The number of anilines is 1. The van der Waals surface area contributed by atoms with Gasteiger partial charge in [-0.3, -0.25) is 14.7 Å². The fourth-order valence-corrected chi connectivity index (χ4v) is 4.02. The number of thiazole rings is 1. The first kappa shape index (κ1) is 18.8. The molecule has 0 spiro atoms. The normalized spacial score (nSPS) is 10.9. The van der Waals surface area contributed by atoms with Crippen molar-refractivity contribution in [1.29, 1.82) is 0 Å². The molecule has 1 amide bonds. The molecular formula is C21H18N4O3S. The predicted octanol–water partition coefficient (Wildman–Crippen LogP) is 4.30. The van der Waals surface area contributed by atoms with Crippen molar-refractivity contribution in [3.63, 3.8) is 0 Å². The second kappa shape index (κ2) is 7.48. The summed E-state index contributed by atoms with van der Waals surface area (Å²) < 4.78 is 6.23. The molecule has 4 rings (SSSR count). The van der Waals surface area contributed by atoms with Crippen molar-refractivity contribution in [3.8, 4) is 16.4 Å². The molecule has 4 aromatic rings. The highest BCUT2D eigenvalue weighted by atomic mass is 32.1. The van der Waals surface area contributed by atoms with Gasteiger partial charge in [-0.1, -0.05) is 35.6 Å². The van der Waals surface area contributed by atoms with Gasteiger partial charge in [0.15, 0.2) is 11.0 Å². The van der Waals surface area contributed by atoms with Gasteiger partial charge in [-0.25, -0.2) is 14.8 Å². The average Bonchev–Trinajstić information content (AvgIpc) is 3.07. The Morgan fingerprint density at radius 3 is 2.66 bits per heavy atom. The maximum atomic E-state index is 13.4. The molecular weight excluding hydrogens is 388 g/mol. The largest absolute Gasteiger partial charge is 0.453 e. The predicted molar refractivity (Wildman–Crippen MR) is 114 cm³/mol. The number of amides is 1. The van der Waals surface area contributed by atoms with Gasteiger partial charge in [-0.05, 0) is 43.7 Å². The standard InChI is InChI=1S/C21H18N4O3S/c1-12-7-6-8-14(11-12)25-18(23-16-10-5-4-9-15(16)19(25)26)17-13(2)22-20(29-17)24-21(27)28-3/h4-11H,1-3H3,(H,22,24,27). The molecule has 7 nitrogen and oxygen atoms in total. The molecule has 0 unspecified atom stereocenters. The Morgan fingerprint density at radius 2 is 1.90 bits per heavy atom. The van der Waals surface area contributed by atoms with Crippen molar-refractivity contribution in [2.45, 2.75) is 13.8 Å². The molecule has 0 saturated carbocycles. The Balaban J connectivity index is 2.00. The number of aryl methyl sites for hydroxylation is 2. The molecule has 0 aliphatic rings. The lowest BCUT2D eigenvalue weighted by Gasteiger charge is -2.13. The minimum absolute atomic E-state index is 0.161. The van der Waals surface area contributed by atoms with Crippen LogP contribution >= 0.6 is 11.3 Å². The van der Waals surface area contributed by atoms with Crippen molar-refractivity contribution >= 4 is 33.5 Å². The SMILES string of the molecule is COC(=O)Nc1nc(C)c(-c2nc3ccccc3c(=O)n2-c2cccc(C)c2)s1. The summed E-state index contributed by atoms with van der Waals surface area (Å²) in [5, 5.41) is 3.49. The Kier molecular flexibility index (Phi) is 4.85. The molecule has 0 saturated heterocycles. The number of aromatic nitrogens is 3. The van der Waals surface area contributed by atoms with E-state index in [2.05, 4.69) is 15.0 Å². The van der Waals surface area contributed by atoms with Gasteiger partial charge in [0, 0.05) is 0 Å². The first-order valence-corrected chi connectivity index (χ1v) is 9.71. The fraction of sp³-hybridized carbons (Fsp3) is 0.143. The molecule has 2 aromatic heterocycles. The highest BCUT2D eigenvalue weighted by Gasteiger charge is 2.20. The third-order valence-electron chi connectivity index (χ3n) is 4.43. The summed E-state index contributed by atoms with van der Waals surface area (Å²) in [4.78, 5) is 34.8. The van der Waals surface area contributed by atoms with E-state index in [-0.39, 0.29) is 5.56 Å². The average molecular weight is 406 g/mol. The van der Waals surface area contributed by atoms with E-state index in [0.717, 1.165) is 11.3 Å². The van der Waals surface area contributed by atoms with Crippen LogP contribution in [0.25, 0.3) is 27.3 Å². The number of benzene rings is 2. The number of hydrogen-bond acceptors (Lipinski definition) is 6. The number of fused-ring (bicyclic) bond motifs is 1. The lowest BCUT2D eigenvalue weighted by atomic mass is 10.2. The number of ether oxygens (including phenoxy) is 1. The molecule has 0 bridgehead atoms. The smallest absolute Gasteiger partial charge is 0.413 e. The highest BCUT2D eigenvalue weighted by Crippen LogP contribution is 2.33. The number of nitrogens with one attached hydrogen (secondary N) is 1. The van der Waals surface area contributed by atoms with E-state index in [4.69, 9.17) is 4.98 Å². The maximum absolute atomic E-state index is 13.4. The zero-order valence-electron chi connectivity index (χ0n) is 16.1. The fourth-order valence-electron chi connectivity index (χ4n) is 3.09. The molecule has 0 fully saturated rings. The van der Waals surface area contributed by atoms with Crippen LogP contribution < -0.4 is 10.9 Å². The quantitative estimate of drug-likeness (QED) is 0.548. The number of methoxy groups -OCH3 is 1. The van der Waals surface area contributed by atoms with Gasteiger partial charge in [0.2, 0.25) is 0 Å². The summed E-state index contributed by atoms with van der Waals surface area (Å²) in [6.07, 6.45) is -0.604. The topological polar surface area (TPSA) is 86.1 Å². The van der Waals surface area contributed by atoms with E-state index in [1.54, 1.807) is 10.6 Å². The lowest BCUT2D eigenvalue weighted by Crippen LogP contribution is -2.22. The molecule has 0 radical (unpaired) electrons. The van der Waals surface area contributed by atoms with E-state index in [0.29, 0.717) is 32.4 Å². The third kappa shape index (κ3) is 3.50. The zero-order chi connectivity index (χ0) is 20.5. The van der Waals surface area contributed by atoms with Gasteiger partial charge in [0.25, 0.3) is 5.56 Å². The second-order valence-corrected chi connectivity index (χ2v) is 7.48. The van der Waals surface area contributed by atoms with Crippen LogP contribution in [-0.4, -0.2) is 27.7 Å². The molecule has 0 atom stereocenters. The Hall–Kier alpha value is -3.52. The van der Waals surface area contributed by atoms with Crippen LogP contribution in [-0.2, 0) is 4.74 Å². The molecule has 0 aliphatic heterocycles. The van der Waals surface area contributed by atoms with Gasteiger partial charge in [0.05, 0.1) is 34.3 Å². The van der Waals surface area contributed by atoms with Crippen molar-refractivity contribution in [2.75, 3.05) is 12.4 Å². The molecule has 2 heterocycles. The van der Waals surface area contributed by atoms with Crippen molar-refractivity contribution in [1.82, 2.24) is 14.5 Å². The minimum atomic E-state index is -0.604. The van der Waals surface area contributed by atoms with Crippen LogP contribution in [0.1, 0.15) is 11.3 Å². The summed E-state index contributed by atoms with van der Waals surface area (Å²) in [7, 11) is 1.29. The highest BCUT2D eigenvalue weighted by molar-refractivity contribution is 7.19. The Labute approximate surface area is 170 Å². The Morgan fingerprint density at radius 1 is 1.10 bits per heavy atom.